The molecule has 0 saturated heterocycles. The molecule has 0 spiro atoms. The Morgan fingerprint density at radius 1 is 0.338 bits per heavy atom. The lowest BCUT2D eigenvalue weighted by Crippen LogP contribution is -2.29. The van der Waals surface area contributed by atoms with Crippen molar-refractivity contribution in [1.82, 2.24) is 0 Å². The predicted octanol–water partition coefficient (Wildman–Crippen LogP) is 18.2. The van der Waals surface area contributed by atoms with Gasteiger partial charge in [-0.15, -0.1) is 0 Å². The van der Waals surface area contributed by atoms with Crippen LogP contribution in [0.25, 0.3) is 0 Å². The van der Waals surface area contributed by atoms with Crippen LogP contribution in [0.4, 0.5) is 0 Å². The number of hydrogen-bond acceptors (Lipinski definition) is 5. The highest BCUT2D eigenvalue weighted by Gasteiger charge is 2.17. The molecule has 5 nitrogen and oxygen atoms in total. The number of allylic oxidation sites excluding steroid dienone is 29. The minimum atomic E-state index is -0.643. The van der Waals surface area contributed by atoms with Gasteiger partial charge in [-0.2, -0.15) is 0 Å². The first-order valence-electron chi connectivity index (χ1n) is 26.3. The van der Waals surface area contributed by atoms with Crippen molar-refractivity contribution < 1.29 is 23.8 Å². The number of unbranched alkanes of at least 4 members (excludes halogenated alkanes) is 5. The van der Waals surface area contributed by atoms with Crippen LogP contribution in [-0.2, 0) is 23.8 Å². The van der Waals surface area contributed by atoms with Crippen LogP contribution in [0.3, 0.4) is 0 Å². The Morgan fingerprint density at radius 2 is 0.662 bits per heavy atom. The van der Waals surface area contributed by atoms with E-state index in [1.165, 1.54) is 0 Å². The van der Waals surface area contributed by atoms with Gasteiger partial charge in [0.1, 0.15) is 6.61 Å². The molecule has 0 aliphatic heterocycles. The smallest absolute Gasteiger partial charge is 0.310 e. The van der Waals surface area contributed by atoms with Crippen LogP contribution in [0.5, 0.6) is 0 Å². The fourth-order valence-electron chi connectivity index (χ4n) is 6.17. The molecule has 0 aromatic heterocycles. The zero-order chi connectivity index (χ0) is 49.2. The van der Waals surface area contributed by atoms with E-state index >= 15 is 0 Å². The monoisotopic (exact) mass is 931 g/mol. The lowest BCUT2D eigenvalue weighted by molar-refractivity contribution is -0.162. The molecule has 0 saturated carbocycles. The standard InChI is InChI=1S/C63H94O5/c1-4-7-10-13-16-19-22-25-28-30-31-32-34-37-40-43-46-49-52-55-58-66-59-61(68-63(65)57-54-51-48-45-42-39-35-27-24-21-18-15-12-9-6-3)60-67-62(64)56-53-50-47-44-41-38-36-33-29-26-23-20-17-14-11-8-5-2/h7-12,16-21,25-29,31-32,35-38,40,42,44-45,47,51,54,61H,4-6,13-15,22-24,30,33-34,39,41,43,46,48-50,52-53,55-60H2,1-3H3/b10-7-,11-8-,12-9-,19-16-,20-17-,21-18-,28-25-,29-26-,32-31-,35-27-,38-36-,40-37-,45-42-,47-44-,54-51-. The van der Waals surface area contributed by atoms with Gasteiger partial charge in [0.2, 0.25) is 0 Å². The van der Waals surface area contributed by atoms with E-state index in [2.05, 4.69) is 191 Å². The van der Waals surface area contributed by atoms with Crippen molar-refractivity contribution in [2.24, 2.45) is 0 Å². The van der Waals surface area contributed by atoms with E-state index < -0.39 is 6.10 Å². The molecule has 0 heterocycles. The average Bonchev–Trinajstić information content (AvgIpc) is 3.34. The minimum absolute atomic E-state index is 0.00877. The van der Waals surface area contributed by atoms with E-state index in [0.29, 0.717) is 19.4 Å². The molecule has 0 aromatic rings. The van der Waals surface area contributed by atoms with E-state index in [1.807, 2.05) is 12.2 Å². The second kappa shape index (κ2) is 56.3. The van der Waals surface area contributed by atoms with Crippen molar-refractivity contribution in [2.45, 2.75) is 181 Å². The third kappa shape index (κ3) is 53.6. The second-order valence-electron chi connectivity index (χ2n) is 16.3. The Kier molecular flexibility index (Phi) is 52.2. The first kappa shape index (κ1) is 63.0. The van der Waals surface area contributed by atoms with Gasteiger partial charge in [-0.1, -0.05) is 216 Å². The first-order chi connectivity index (χ1) is 33.6. The molecule has 0 bridgehead atoms. The molecule has 68 heavy (non-hydrogen) atoms. The van der Waals surface area contributed by atoms with E-state index in [4.69, 9.17) is 14.2 Å². The Bertz CT molecular complexity index is 1620. The molecule has 0 aliphatic carbocycles. The molecule has 0 rings (SSSR count). The molecule has 0 N–H and O–H groups in total. The van der Waals surface area contributed by atoms with Gasteiger partial charge in [0.25, 0.3) is 0 Å². The second-order valence-corrected chi connectivity index (χ2v) is 16.3. The third-order valence-corrected chi connectivity index (χ3v) is 9.95. The summed E-state index contributed by atoms with van der Waals surface area (Å²) in [5.74, 6) is -0.645. The number of ether oxygens (including phenoxy) is 3. The van der Waals surface area contributed by atoms with Crippen LogP contribution in [0.15, 0.2) is 182 Å². The van der Waals surface area contributed by atoms with Crippen molar-refractivity contribution in [1.29, 1.82) is 0 Å². The van der Waals surface area contributed by atoms with Crippen LogP contribution in [0, 0.1) is 0 Å². The minimum Gasteiger partial charge on any atom is -0.462 e. The van der Waals surface area contributed by atoms with E-state index in [1.54, 1.807) is 0 Å². The van der Waals surface area contributed by atoms with Crippen molar-refractivity contribution in [3.05, 3.63) is 182 Å². The van der Waals surface area contributed by atoms with Crippen LogP contribution in [-0.4, -0.2) is 37.9 Å². The molecular weight excluding hydrogens is 837 g/mol. The van der Waals surface area contributed by atoms with E-state index in [0.717, 1.165) is 135 Å². The van der Waals surface area contributed by atoms with Gasteiger partial charge >= 0.3 is 11.9 Å². The molecular formula is C63H94O5. The SMILES string of the molecule is CC/C=C\C/C=C\C/C=C\C/C=C\C/C=C\CCCCCCOCC(COC(=O)CCC/C=C\C/C=C\C/C=C\C/C=C\C/C=C\CC)OC(=O)C/C=C\C/C=C\C/C=C\C/C=C\C/C=C\CC. The van der Waals surface area contributed by atoms with Crippen molar-refractivity contribution in [3.8, 4) is 0 Å². The Balaban J connectivity index is 4.58. The number of rotatable bonds is 45. The molecule has 0 aliphatic rings. The topological polar surface area (TPSA) is 61.8 Å². The van der Waals surface area contributed by atoms with Gasteiger partial charge in [0.05, 0.1) is 13.0 Å². The maximum Gasteiger partial charge on any atom is 0.310 e. The van der Waals surface area contributed by atoms with Gasteiger partial charge in [-0.05, 0) is 128 Å². The summed E-state index contributed by atoms with van der Waals surface area (Å²) < 4.78 is 17.2. The molecule has 1 unspecified atom stereocenters. The third-order valence-electron chi connectivity index (χ3n) is 9.95. The predicted molar refractivity (Wildman–Crippen MR) is 297 cm³/mol. The fourth-order valence-corrected chi connectivity index (χ4v) is 6.17. The van der Waals surface area contributed by atoms with Gasteiger partial charge in [0.15, 0.2) is 6.10 Å². The molecule has 1 atom stereocenters. The average molecular weight is 931 g/mol. The summed E-state index contributed by atoms with van der Waals surface area (Å²) in [6.45, 7) is 7.22. The zero-order valence-electron chi connectivity index (χ0n) is 43.0. The summed E-state index contributed by atoms with van der Waals surface area (Å²) in [6, 6.07) is 0. The zero-order valence-corrected chi connectivity index (χ0v) is 43.0. The largest absolute Gasteiger partial charge is 0.462 e. The number of carbonyl (C=O) groups is 2. The summed E-state index contributed by atoms with van der Waals surface area (Å²) in [5.41, 5.74) is 0. The van der Waals surface area contributed by atoms with Crippen molar-refractivity contribution >= 4 is 11.9 Å². The van der Waals surface area contributed by atoms with E-state index in [-0.39, 0.29) is 31.6 Å². The highest BCUT2D eigenvalue weighted by atomic mass is 16.6. The van der Waals surface area contributed by atoms with Crippen LogP contribution in [0.2, 0.25) is 0 Å². The highest BCUT2D eigenvalue weighted by Crippen LogP contribution is 2.08. The maximum absolute atomic E-state index is 12.8. The molecule has 376 valence electrons. The van der Waals surface area contributed by atoms with Crippen LogP contribution < -0.4 is 0 Å². The lowest BCUT2D eigenvalue weighted by Gasteiger charge is -2.18. The quantitative estimate of drug-likeness (QED) is 0.0346. The van der Waals surface area contributed by atoms with E-state index in [9.17, 15) is 9.59 Å². The normalized spacial score (nSPS) is 13.8. The van der Waals surface area contributed by atoms with Gasteiger partial charge in [-0.25, -0.2) is 0 Å². The number of carbonyl (C=O) groups excluding carboxylic acids is 2. The summed E-state index contributed by atoms with van der Waals surface area (Å²) in [4.78, 5) is 25.4. The van der Waals surface area contributed by atoms with Crippen molar-refractivity contribution in [3.63, 3.8) is 0 Å². The summed E-state index contributed by atoms with van der Waals surface area (Å²) in [6.07, 6.45) is 86.5. The molecule has 0 fully saturated rings. The summed E-state index contributed by atoms with van der Waals surface area (Å²) in [5, 5.41) is 0. The van der Waals surface area contributed by atoms with Crippen LogP contribution in [0.1, 0.15) is 175 Å². The lowest BCUT2D eigenvalue weighted by atomic mass is 10.1. The molecule has 5 heteroatoms. The fraction of sp³-hybridized carbons (Fsp3) is 0.492. The molecule has 0 radical (unpaired) electrons. The number of hydrogen-bond donors (Lipinski definition) is 0. The Hall–Kier alpha value is -5.00. The molecule has 0 aromatic carbocycles. The van der Waals surface area contributed by atoms with Gasteiger partial charge in [-0.3, -0.25) is 9.59 Å². The van der Waals surface area contributed by atoms with Crippen molar-refractivity contribution in [2.75, 3.05) is 19.8 Å². The first-order valence-corrected chi connectivity index (χ1v) is 26.3. The molecule has 0 amide bonds. The van der Waals surface area contributed by atoms with Crippen LogP contribution >= 0.6 is 0 Å². The maximum atomic E-state index is 12.8. The number of esters is 2. The Labute approximate surface area is 417 Å². The summed E-state index contributed by atoms with van der Waals surface area (Å²) >= 11 is 0. The van der Waals surface area contributed by atoms with Gasteiger partial charge < -0.3 is 14.2 Å². The van der Waals surface area contributed by atoms with Gasteiger partial charge in [0, 0.05) is 13.0 Å². The highest BCUT2D eigenvalue weighted by molar-refractivity contribution is 5.71. The summed E-state index contributed by atoms with van der Waals surface area (Å²) in [7, 11) is 0. The Morgan fingerprint density at radius 3 is 1.04 bits per heavy atom.